The maximum absolute atomic E-state index is 13.8. The number of nitrogens with one attached hydrogen (secondary N) is 1. The first-order chi connectivity index (χ1) is 18.0. The quantitative estimate of drug-likeness (QED) is 0.261. The number of carbonyl (C=O) groups is 2. The molecule has 2 heterocycles. The zero-order valence-corrected chi connectivity index (χ0v) is 22.4. The first kappa shape index (κ1) is 25.2. The van der Waals surface area contributed by atoms with Crippen molar-refractivity contribution < 1.29 is 14.3 Å². The number of aryl methyl sites for hydroxylation is 1. The van der Waals surface area contributed by atoms with Crippen molar-refractivity contribution in [2.24, 2.45) is 5.92 Å². The Morgan fingerprint density at radius 3 is 2.65 bits per heavy atom. The van der Waals surface area contributed by atoms with E-state index in [4.69, 9.17) is 9.72 Å². The Balaban J connectivity index is 1.54. The van der Waals surface area contributed by atoms with Crippen LogP contribution in [-0.4, -0.2) is 23.5 Å². The Hall–Kier alpha value is -3.51. The molecule has 1 N–H and O–H groups in total. The van der Waals surface area contributed by atoms with Crippen molar-refractivity contribution in [3.63, 3.8) is 0 Å². The summed E-state index contributed by atoms with van der Waals surface area (Å²) in [6.07, 6.45) is 4.90. The summed E-state index contributed by atoms with van der Waals surface area (Å²) < 4.78 is 5.39. The van der Waals surface area contributed by atoms with E-state index in [1.54, 1.807) is 6.92 Å². The third-order valence-corrected chi connectivity index (χ3v) is 8.14. The standard InChI is InChI=1S/C31H32N2O3S/c1-4-8-20-12-14-21(15-13-20)26-18-24(22-9-6-7-10-25(22)32-26)29(34)33-30-28(31(35)36-5-2)23-16-11-19(3)17-27(23)37-30/h6-7,9-10,12-15,18-19H,4-5,8,11,16-17H2,1-3H3,(H,33,34)/t19-/m1/s1. The lowest BCUT2D eigenvalue weighted by molar-refractivity contribution is 0.0526. The molecule has 1 amide bonds. The molecule has 190 valence electrons. The molecule has 0 saturated heterocycles. The van der Waals surface area contributed by atoms with Crippen molar-refractivity contribution in [1.29, 1.82) is 0 Å². The molecule has 5 nitrogen and oxygen atoms in total. The number of esters is 1. The van der Waals surface area contributed by atoms with E-state index in [1.165, 1.54) is 21.8 Å². The lowest BCUT2D eigenvalue weighted by Gasteiger charge is -2.18. The number of hydrogen-bond acceptors (Lipinski definition) is 5. The summed E-state index contributed by atoms with van der Waals surface area (Å²) in [5.41, 5.74) is 5.84. The topological polar surface area (TPSA) is 68.3 Å². The van der Waals surface area contributed by atoms with E-state index >= 15 is 0 Å². The van der Waals surface area contributed by atoms with Crippen LogP contribution >= 0.6 is 11.3 Å². The Morgan fingerprint density at radius 2 is 1.89 bits per heavy atom. The lowest BCUT2D eigenvalue weighted by Crippen LogP contribution is -2.17. The molecule has 0 aliphatic heterocycles. The molecular formula is C31H32N2O3S. The van der Waals surface area contributed by atoms with Gasteiger partial charge in [0, 0.05) is 15.8 Å². The maximum atomic E-state index is 13.8. The van der Waals surface area contributed by atoms with Crippen LogP contribution in [0.1, 0.15) is 70.3 Å². The van der Waals surface area contributed by atoms with Crippen LogP contribution in [0.25, 0.3) is 22.2 Å². The monoisotopic (exact) mass is 512 g/mol. The van der Waals surface area contributed by atoms with E-state index in [1.807, 2.05) is 30.3 Å². The number of benzene rings is 2. The normalized spacial score (nSPS) is 14.8. The number of hydrogen-bond donors (Lipinski definition) is 1. The minimum absolute atomic E-state index is 0.250. The minimum Gasteiger partial charge on any atom is -0.462 e. The largest absolute Gasteiger partial charge is 0.462 e. The van der Waals surface area contributed by atoms with Gasteiger partial charge in [-0.05, 0) is 61.8 Å². The number of amides is 1. The summed E-state index contributed by atoms with van der Waals surface area (Å²) in [4.78, 5) is 32.7. The number of para-hydroxylation sites is 1. The van der Waals surface area contributed by atoms with Gasteiger partial charge in [0.1, 0.15) is 5.00 Å². The predicted octanol–water partition coefficient (Wildman–Crippen LogP) is 7.47. The SMILES string of the molecule is CCCc1ccc(-c2cc(C(=O)Nc3sc4c(c3C(=O)OCC)CC[C@@H](C)C4)c3ccccc3n2)cc1. The highest BCUT2D eigenvalue weighted by atomic mass is 32.1. The number of thiophene rings is 1. The molecule has 0 fully saturated rings. The van der Waals surface area contributed by atoms with Crippen LogP contribution in [0.3, 0.4) is 0 Å². The van der Waals surface area contributed by atoms with E-state index in [0.717, 1.165) is 59.8 Å². The Kier molecular flexibility index (Phi) is 7.38. The number of nitrogens with zero attached hydrogens (tertiary/aromatic N) is 1. The molecule has 0 bridgehead atoms. The molecule has 6 heteroatoms. The first-order valence-corrected chi connectivity index (χ1v) is 13.9. The molecule has 0 radical (unpaired) electrons. The number of carbonyl (C=O) groups excluding carboxylic acids is 2. The summed E-state index contributed by atoms with van der Waals surface area (Å²) in [6.45, 7) is 6.49. The van der Waals surface area contributed by atoms with Crippen molar-refractivity contribution in [2.75, 3.05) is 11.9 Å². The van der Waals surface area contributed by atoms with Gasteiger partial charge in [-0.15, -0.1) is 11.3 Å². The van der Waals surface area contributed by atoms with Crippen molar-refractivity contribution >= 4 is 39.1 Å². The van der Waals surface area contributed by atoms with Gasteiger partial charge in [-0.1, -0.05) is 62.7 Å². The highest BCUT2D eigenvalue weighted by Gasteiger charge is 2.29. The maximum Gasteiger partial charge on any atom is 0.341 e. The summed E-state index contributed by atoms with van der Waals surface area (Å²) in [7, 11) is 0. The number of ether oxygens (including phenoxy) is 1. The van der Waals surface area contributed by atoms with Gasteiger partial charge in [-0.3, -0.25) is 4.79 Å². The zero-order valence-electron chi connectivity index (χ0n) is 21.6. The smallest absolute Gasteiger partial charge is 0.341 e. The van der Waals surface area contributed by atoms with Gasteiger partial charge in [-0.2, -0.15) is 0 Å². The molecule has 1 atom stereocenters. The van der Waals surface area contributed by atoms with Crippen molar-refractivity contribution in [2.45, 2.75) is 52.9 Å². The molecule has 0 saturated carbocycles. The summed E-state index contributed by atoms with van der Waals surface area (Å²) >= 11 is 1.51. The Morgan fingerprint density at radius 1 is 1.11 bits per heavy atom. The average Bonchev–Trinajstić information content (AvgIpc) is 3.25. The molecule has 37 heavy (non-hydrogen) atoms. The average molecular weight is 513 g/mol. The summed E-state index contributed by atoms with van der Waals surface area (Å²) in [5.74, 6) is -0.0582. The molecular weight excluding hydrogens is 480 g/mol. The van der Waals surface area contributed by atoms with Crippen LogP contribution in [0.4, 0.5) is 5.00 Å². The van der Waals surface area contributed by atoms with Crippen LogP contribution in [0.2, 0.25) is 0 Å². The molecule has 1 aliphatic rings. The van der Waals surface area contributed by atoms with E-state index in [9.17, 15) is 9.59 Å². The van der Waals surface area contributed by atoms with E-state index in [0.29, 0.717) is 28.7 Å². The fourth-order valence-electron chi connectivity index (χ4n) is 5.07. The highest BCUT2D eigenvalue weighted by molar-refractivity contribution is 7.17. The second-order valence-corrected chi connectivity index (χ2v) is 10.9. The summed E-state index contributed by atoms with van der Waals surface area (Å²) in [5, 5.41) is 4.44. The van der Waals surface area contributed by atoms with Gasteiger partial charge in [-0.25, -0.2) is 9.78 Å². The molecule has 0 unspecified atom stereocenters. The molecule has 0 spiro atoms. The highest BCUT2D eigenvalue weighted by Crippen LogP contribution is 2.40. The van der Waals surface area contributed by atoms with Crippen molar-refractivity contribution in [3.05, 3.63) is 81.7 Å². The number of anilines is 1. The van der Waals surface area contributed by atoms with Gasteiger partial charge >= 0.3 is 5.97 Å². The summed E-state index contributed by atoms with van der Waals surface area (Å²) in [6, 6.07) is 17.9. The number of aromatic nitrogens is 1. The Labute approximate surface area is 221 Å². The van der Waals surface area contributed by atoms with Crippen molar-refractivity contribution in [1.82, 2.24) is 4.98 Å². The second kappa shape index (κ2) is 10.9. The lowest BCUT2D eigenvalue weighted by atomic mass is 9.88. The predicted molar refractivity (Wildman–Crippen MR) is 151 cm³/mol. The molecule has 1 aliphatic carbocycles. The van der Waals surface area contributed by atoms with E-state index < -0.39 is 0 Å². The van der Waals surface area contributed by atoms with Gasteiger partial charge in [0.15, 0.2) is 0 Å². The van der Waals surface area contributed by atoms with E-state index in [-0.39, 0.29) is 11.9 Å². The molecule has 5 rings (SSSR count). The third-order valence-electron chi connectivity index (χ3n) is 6.97. The molecule has 2 aromatic carbocycles. The van der Waals surface area contributed by atoms with Gasteiger partial charge in [0.25, 0.3) is 5.91 Å². The van der Waals surface area contributed by atoms with Crippen LogP contribution in [0, 0.1) is 5.92 Å². The fraction of sp³-hybridized carbons (Fsp3) is 0.323. The molecule has 4 aromatic rings. The number of rotatable bonds is 7. The number of pyridine rings is 1. The second-order valence-electron chi connectivity index (χ2n) is 9.75. The van der Waals surface area contributed by atoms with Crippen LogP contribution in [-0.2, 0) is 24.0 Å². The van der Waals surface area contributed by atoms with E-state index in [2.05, 4.69) is 43.4 Å². The van der Waals surface area contributed by atoms with Crippen LogP contribution in [0.15, 0.2) is 54.6 Å². The third kappa shape index (κ3) is 5.16. The fourth-order valence-corrected chi connectivity index (χ4v) is 6.46. The van der Waals surface area contributed by atoms with Crippen LogP contribution in [0.5, 0.6) is 0 Å². The van der Waals surface area contributed by atoms with Crippen LogP contribution < -0.4 is 5.32 Å². The van der Waals surface area contributed by atoms with Gasteiger partial charge in [0.05, 0.1) is 28.9 Å². The van der Waals surface area contributed by atoms with Gasteiger partial charge in [0.2, 0.25) is 0 Å². The zero-order chi connectivity index (χ0) is 25.9. The van der Waals surface area contributed by atoms with Gasteiger partial charge < -0.3 is 10.1 Å². The Bertz CT molecular complexity index is 1460. The molecule has 2 aromatic heterocycles. The first-order valence-electron chi connectivity index (χ1n) is 13.1. The minimum atomic E-state index is -0.364. The number of fused-ring (bicyclic) bond motifs is 2. The van der Waals surface area contributed by atoms with Crippen molar-refractivity contribution in [3.8, 4) is 11.3 Å².